The predicted octanol–water partition coefficient (Wildman–Crippen LogP) is 2.20. The van der Waals surface area contributed by atoms with Gasteiger partial charge in [0.1, 0.15) is 5.54 Å². The molecule has 0 bridgehead atoms. The summed E-state index contributed by atoms with van der Waals surface area (Å²) in [6, 6.07) is 2.11. The molecule has 2 rings (SSSR count). The van der Waals surface area contributed by atoms with Gasteiger partial charge in [0.25, 0.3) is 0 Å². The Morgan fingerprint density at radius 2 is 2.10 bits per heavy atom. The minimum atomic E-state index is -0.710. The molecule has 1 aromatic rings. The monoisotopic (exact) mass is 294 g/mol. The fourth-order valence-electron chi connectivity index (χ4n) is 2.81. The van der Waals surface area contributed by atoms with E-state index in [1.165, 1.54) is 5.56 Å². The maximum absolute atomic E-state index is 12.7. The highest BCUT2D eigenvalue weighted by molar-refractivity contribution is 7.07. The van der Waals surface area contributed by atoms with E-state index < -0.39 is 5.54 Å². The van der Waals surface area contributed by atoms with Gasteiger partial charge >= 0.3 is 0 Å². The van der Waals surface area contributed by atoms with Crippen molar-refractivity contribution in [2.24, 2.45) is 0 Å². The van der Waals surface area contributed by atoms with Crippen LogP contribution in [0.25, 0.3) is 0 Å². The Bertz CT molecular complexity index is 480. The number of piperazine rings is 1. The van der Waals surface area contributed by atoms with Crippen LogP contribution in [0.3, 0.4) is 0 Å². The van der Waals surface area contributed by atoms with Gasteiger partial charge in [0, 0.05) is 6.04 Å². The maximum atomic E-state index is 12.7. The van der Waals surface area contributed by atoms with Gasteiger partial charge < -0.3 is 10.2 Å². The van der Waals surface area contributed by atoms with Crippen molar-refractivity contribution >= 4 is 23.2 Å². The molecular weight excluding hydrogens is 272 g/mol. The lowest BCUT2D eigenvalue weighted by molar-refractivity contribution is -0.152. The Hall–Kier alpha value is -1.36. The Labute approximate surface area is 124 Å². The van der Waals surface area contributed by atoms with E-state index in [9.17, 15) is 9.59 Å². The number of carbonyl (C=O) groups excluding carboxylic acids is 2. The van der Waals surface area contributed by atoms with Gasteiger partial charge in [-0.25, -0.2) is 0 Å². The van der Waals surface area contributed by atoms with E-state index in [-0.39, 0.29) is 24.4 Å². The summed E-state index contributed by atoms with van der Waals surface area (Å²) in [5.41, 5.74) is 0.512. The molecule has 2 amide bonds. The SMILES string of the molecule is CCC1(CC)NC(=O)CN(C(C)Cc2ccsc2)C1=O. The smallest absolute Gasteiger partial charge is 0.249 e. The number of hydrogen-bond donors (Lipinski definition) is 1. The fourth-order valence-corrected chi connectivity index (χ4v) is 3.49. The molecule has 0 aromatic carbocycles. The Kier molecular flexibility index (Phi) is 4.48. The first-order valence-electron chi connectivity index (χ1n) is 7.15. The van der Waals surface area contributed by atoms with Crippen molar-refractivity contribution in [3.05, 3.63) is 22.4 Å². The number of rotatable bonds is 5. The van der Waals surface area contributed by atoms with E-state index in [4.69, 9.17) is 0 Å². The van der Waals surface area contributed by atoms with Crippen LogP contribution in [-0.2, 0) is 16.0 Å². The summed E-state index contributed by atoms with van der Waals surface area (Å²) in [4.78, 5) is 26.4. The molecule has 0 radical (unpaired) electrons. The molecule has 1 aliphatic heterocycles. The minimum absolute atomic E-state index is 0.0422. The van der Waals surface area contributed by atoms with Crippen molar-refractivity contribution in [1.82, 2.24) is 10.2 Å². The largest absolute Gasteiger partial charge is 0.340 e. The van der Waals surface area contributed by atoms with Crippen LogP contribution in [0.5, 0.6) is 0 Å². The van der Waals surface area contributed by atoms with E-state index in [0.29, 0.717) is 12.8 Å². The summed E-state index contributed by atoms with van der Waals surface area (Å²) in [5, 5.41) is 7.03. The predicted molar refractivity (Wildman–Crippen MR) is 80.7 cm³/mol. The van der Waals surface area contributed by atoms with Crippen molar-refractivity contribution in [1.29, 1.82) is 0 Å². The summed E-state index contributed by atoms with van der Waals surface area (Å²) in [5.74, 6) is 0.00954. The zero-order chi connectivity index (χ0) is 14.8. The van der Waals surface area contributed by atoms with Gasteiger partial charge in [-0.2, -0.15) is 11.3 Å². The van der Waals surface area contributed by atoms with E-state index in [1.807, 2.05) is 26.2 Å². The van der Waals surface area contributed by atoms with Crippen molar-refractivity contribution in [3.8, 4) is 0 Å². The number of nitrogens with one attached hydrogen (secondary N) is 1. The summed E-state index contributed by atoms with van der Waals surface area (Å²) in [6.07, 6.45) is 2.07. The van der Waals surface area contributed by atoms with Gasteiger partial charge in [0.05, 0.1) is 6.54 Å². The average molecular weight is 294 g/mol. The summed E-state index contributed by atoms with van der Waals surface area (Å²) < 4.78 is 0. The van der Waals surface area contributed by atoms with Crippen LogP contribution >= 0.6 is 11.3 Å². The highest BCUT2D eigenvalue weighted by atomic mass is 32.1. The molecule has 0 spiro atoms. The summed E-state index contributed by atoms with van der Waals surface area (Å²) >= 11 is 1.66. The van der Waals surface area contributed by atoms with Crippen molar-refractivity contribution in [3.63, 3.8) is 0 Å². The molecule has 1 N–H and O–H groups in total. The molecule has 1 aromatic heterocycles. The Morgan fingerprint density at radius 1 is 1.40 bits per heavy atom. The molecule has 20 heavy (non-hydrogen) atoms. The minimum Gasteiger partial charge on any atom is -0.340 e. The van der Waals surface area contributed by atoms with E-state index >= 15 is 0 Å². The molecule has 2 heterocycles. The first kappa shape index (κ1) is 15.0. The Balaban J connectivity index is 2.17. The van der Waals surface area contributed by atoms with E-state index in [0.717, 1.165) is 6.42 Å². The molecule has 110 valence electrons. The van der Waals surface area contributed by atoms with Gasteiger partial charge in [-0.15, -0.1) is 0 Å². The maximum Gasteiger partial charge on any atom is 0.249 e. The zero-order valence-electron chi connectivity index (χ0n) is 12.3. The lowest BCUT2D eigenvalue weighted by Crippen LogP contribution is -2.67. The zero-order valence-corrected chi connectivity index (χ0v) is 13.1. The molecule has 0 saturated carbocycles. The third kappa shape index (κ3) is 2.73. The van der Waals surface area contributed by atoms with Crippen molar-refractivity contribution in [2.45, 2.75) is 51.6 Å². The third-order valence-corrected chi connectivity index (χ3v) is 4.95. The second-order valence-corrected chi connectivity index (χ2v) is 6.24. The van der Waals surface area contributed by atoms with Crippen LogP contribution < -0.4 is 5.32 Å². The fraction of sp³-hybridized carbons (Fsp3) is 0.600. The molecule has 1 saturated heterocycles. The second kappa shape index (κ2) is 5.95. The number of amides is 2. The van der Waals surface area contributed by atoms with Gasteiger partial charge in [-0.3, -0.25) is 9.59 Å². The molecule has 1 unspecified atom stereocenters. The molecule has 1 fully saturated rings. The van der Waals surface area contributed by atoms with Crippen LogP contribution in [0.2, 0.25) is 0 Å². The first-order valence-corrected chi connectivity index (χ1v) is 8.10. The molecule has 1 atom stereocenters. The van der Waals surface area contributed by atoms with E-state index in [2.05, 4.69) is 16.8 Å². The Morgan fingerprint density at radius 3 is 2.65 bits per heavy atom. The highest BCUT2D eigenvalue weighted by Crippen LogP contribution is 2.24. The first-order chi connectivity index (χ1) is 9.52. The van der Waals surface area contributed by atoms with Crippen molar-refractivity contribution in [2.75, 3.05) is 6.54 Å². The topological polar surface area (TPSA) is 49.4 Å². The second-order valence-electron chi connectivity index (χ2n) is 5.46. The molecule has 4 nitrogen and oxygen atoms in total. The third-order valence-electron chi connectivity index (χ3n) is 4.21. The normalized spacial score (nSPS) is 19.9. The van der Waals surface area contributed by atoms with Gasteiger partial charge in [0.15, 0.2) is 0 Å². The lowest BCUT2D eigenvalue weighted by atomic mass is 9.88. The number of thiophene rings is 1. The molecule has 1 aliphatic rings. The highest BCUT2D eigenvalue weighted by Gasteiger charge is 2.45. The molecule has 5 heteroatoms. The summed E-state index contributed by atoms with van der Waals surface area (Å²) in [6.45, 7) is 6.10. The molecular formula is C15H22N2O2S. The quantitative estimate of drug-likeness (QED) is 0.905. The molecule has 0 aliphatic carbocycles. The van der Waals surface area contributed by atoms with Gasteiger partial charge in [-0.1, -0.05) is 13.8 Å². The van der Waals surface area contributed by atoms with Crippen LogP contribution in [0.15, 0.2) is 16.8 Å². The van der Waals surface area contributed by atoms with Crippen LogP contribution in [0.4, 0.5) is 0 Å². The van der Waals surface area contributed by atoms with E-state index in [1.54, 1.807) is 16.2 Å². The number of carbonyl (C=O) groups is 2. The summed E-state index contributed by atoms with van der Waals surface area (Å²) in [7, 11) is 0. The van der Waals surface area contributed by atoms with Gasteiger partial charge in [0.2, 0.25) is 11.8 Å². The lowest BCUT2D eigenvalue weighted by Gasteiger charge is -2.43. The van der Waals surface area contributed by atoms with Gasteiger partial charge in [-0.05, 0) is 48.6 Å². The van der Waals surface area contributed by atoms with Crippen LogP contribution in [-0.4, -0.2) is 34.8 Å². The number of nitrogens with zero attached hydrogens (tertiary/aromatic N) is 1. The van der Waals surface area contributed by atoms with Crippen molar-refractivity contribution < 1.29 is 9.59 Å². The number of hydrogen-bond acceptors (Lipinski definition) is 3. The average Bonchev–Trinajstić information content (AvgIpc) is 2.93. The van der Waals surface area contributed by atoms with Crippen LogP contribution in [0.1, 0.15) is 39.2 Å². The van der Waals surface area contributed by atoms with Crippen LogP contribution in [0, 0.1) is 0 Å². The standard InChI is InChI=1S/C15H22N2O2S/c1-4-15(5-2)14(19)17(9-13(18)16-15)11(3)8-12-6-7-20-10-12/h6-7,10-11H,4-5,8-9H2,1-3H3,(H,16,18).